The zero-order chi connectivity index (χ0) is 68.2. The maximum absolute atomic E-state index is 13.0. The molecule has 3 N–H and O–H groups in total. The molecule has 546 valence electrons. The standard InChI is InChI=1S/C73H142O17P2/c1-9-66(8)52-44-36-31-32-40-48-56-73(78)90-69(60-84-71(76)54-46-38-30-24-27-35-43-51-65(6)7)62-88-92(81,82)86-58-67(74)57-85-91(79,80)87-61-68(59-83-70(75)53-45-37-28-23-22-26-34-42-50-64(4)5)89-72(77)55-47-39-29-21-19-17-15-13-11-10-12-14-16-18-20-25-33-41-49-63(2)3/h63-69,74H,9-62H2,1-8H3,(H,79,80)(H,81,82)/t66?,67?,68-,69-/m1/s1. The predicted octanol–water partition coefficient (Wildman–Crippen LogP) is 20.9. The quantitative estimate of drug-likeness (QED) is 0.0222. The average Bonchev–Trinajstić information content (AvgIpc) is 3.72. The van der Waals surface area contributed by atoms with E-state index in [9.17, 15) is 43.2 Å². The minimum atomic E-state index is -4.95. The Hall–Kier alpha value is -1.94. The van der Waals surface area contributed by atoms with Gasteiger partial charge in [-0.05, 0) is 49.4 Å². The van der Waals surface area contributed by atoms with Gasteiger partial charge in [0, 0.05) is 25.7 Å². The summed E-state index contributed by atoms with van der Waals surface area (Å²) in [5, 5.41) is 10.6. The maximum Gasteiger partial charge on any atom is 0.472 e. The molecule has 0 aliphatic rings. The van der Waals surface area contributed by atoms with E-state index >= 15 is 0 Å². The van der Waals surface area contributed by atoms with Crippen molar-refractivity contribution in [2.45, 2.75) is 382 Å². The van der Waals surface area contributed by atoms with Gasteiger partial charge in [0.1, 0.15) is 19.3 Å². The highest BCUT2D eigenvalue weighted by atomic mass is 31.2. The van der Waals surface area contributed by atoms with Crippen molar-refractivity contribution >= 4 is 39.5 Å². The molecular formula is C73H142O17P2. The highest BCUT2D eigenvalue weighted by Crippen LogP contribution is 2.45. The number of phosphoric ester groups is 2. The van der Waals surface area contributed by atoms with Crippen molar-refractivity contribution in [3.05, 3.63) is 0 Å². The number of unbranched alkanes of at least 4 members (excludes halogenated alkanes) is 35. The number of phosphoric acid groups is 2. The highest BCUT2D eigenvalue weighted by Gasteiger charge is 2.30. The lowest BCUT2D eigenvalue weighted by Gasteiger charge is -2.21. The van der Waals surface area contributed by atoms with Gasteiger partial charge in [-0.3, -0.25) is 37.3 Å². The number of carbonyl (C=O) groups excluding carboxylic acids is 4. The lowest BCUT2D eigenvalue weighted by molar-refractivity contribution is -0.161. The van der Waals surface area contributed by atoms with Crippen LogP contribution in [0.5, 0.6) is 0 Å². The first kappa shape index (κ1) is 90.1. The lowest BCUT2D eigenvalue weighted by Crippen LogP contribution is -2.30. The maximum atomic E-state index is 13.0. The number of esters is 4. The van der Waals surface area contributed by atoms with Crippen LogP contribution in [-0.4, -0.2) is 96.7 Å². The van der Waals surface area contributed by atoms with Crippen LogP contribution in [0.1, 0.15) is 364 Å². The molecule has 0 spiro atoms. The predicted molar refractivity (Wildman–Crippen MR) is 372 cm³/mol. The summed E-state index contributed by atoms with van der Waals surface area (Å²) in [7, 11) is -9.90. The Morgan fingerprint density at radius 1 is 0.304 bits per heavy atom. The molecule has 0 saturated carbocycles. The van der Waals surface area contributed by atoms with E-state index in [1.165, 1.54) is 161 Å². The molecule has 0 aromatic rings. The molecule has 0 saturated heterocycles. The second-order valence-electron chi connectivity index (χ2n) is 28.0. The molecule has 0 bridgehead atoms. The fraction of sp³-hybridized carbons (Fsp3) is 0.945. The first-order valence-electron chi connectivity index (χ1n) is 37.7. The van der Waals surface area contributed by atoms with Gasteiger partial charge in [-0.15, -0.1) is 0 Å². The van der Waals surface area contributed by atoms with E-state index in [4.69, 9.17) is 37.0 Å². The zero-order valence-corrected chi connectivity index (χ0v) is 62.0. The van der Waals surface area contributed by atoms with Crippen molar-refractivity contribution in [1.29, 1.82) is 0 Å². The van der Waals surface area contributed by atoms with Crippen molar-refractivity contribution in [2.75, 3.05) is 39.6 Å². The molecule has 17 nitrogen and oxygen atoms in total. The molecular weight excluding hydrogens is 1210 g/mol. The second kappa shape index (κ2) is 62.6. The molecule has 0 radical (unpaired) electrons. The van der Waals surface area contributed by atoms with Crippen molar-refractivity contribution in [1.82, 2.24) is 0 Å². The van der Waals surface area contributed by atoms with E-state index in [-0.39, 0.29) is 25.7 Å². The Balaban J connectivity index is 5.18. The summed E-state index contributed by atoms with van der Waals surface area (Å²) >= 11 is 0. The summed E-state index contributed by atoms with van der Waals surface area (Å²) in [6, 6.07) is 0. The molecule has 0 rings (SSSR count). The largest absolute Gasteiger partial charge is 0.472 e. The van der Waals surface area contributed by atoms with Crippen LogP contribution in [0.3, 0.4) is 0 Å². The first-order valence-corrected chi connectivity index (χ1v) is 40.7. The number of aliphatic hydroxyl groups excluding tert-OH is 1. The SMILES string of the molecule is CCC(C)CCCCCCCCC(=O)O[C@H](COC(=O)CCCCCCCCCC(C)C)COP(=O)(O)OCC(O)COP(=O)(O)OC[C@@H](COC(=O)CCCCCCCCCCC(C)C)OC(=O)CCCCCCCCCCCCCCCCCCCCC(C)C. The van der Waals surface area contributed by atoms with Gasteiger partial charge in [-0.2, -0.15) is 0 Å². The van der Waals surface area contributed by atoms with Gasteiger partial charge in [0.25, 0.3) is 0 Å². The molecule has 0 fully saturated rings. The Kier molecular flexibility index (Phi) is 61.3. The molecule has 0 amide bonds. The third-order valence-electron chi connectivity index (χ3n) is 17.2. The molecule has 4 unspecified atom stereocenters. The van der Waals surface area contributed by atoms with Crippen LogP contribution >= 0.6 is 15.6 Å². The van der Waals surface area contributed by atoms with Gasteiger partial charge < -0.3 is 33.8 Å². The third-order valence-corrected chi connectivity index (χ3v) is 19.1. The van der Waals surface area contributed by atoms with E-state index in [0.717, 1.165) is 114 Å². The van der Waals surface area contributed by atoms with Crippen LogP contribution in [0, 0.1) is 23.7 Å². The molecule has 0 heterocycles. The van der Waals surface area contributed by atoms with E-state index in [2.05, 4.69) is 55.4 Å². The molecule has 19 heteroatoms. The number of ether oxygens (including phenoxy) is 4. The minimum Gasteiger partial charge on any atom is -0.462 e. The van der Waals surface area contributed by atoms with Crippen molar-refractivity contribution < 1.29 is 80.2 Å². The Morgan fingerprint density at radius 3 is 0.772 bits per heavy atom. The normalized spacial score (nSPS) is 14.5. The summed E-state index contributed by atoms with van der Waals surface area (Å²) in [4.78, 5) is 72.6. The second-order valence-corrected chi connectivity index (χ2v) is 30.9. The van der Waals surface area contributed by atoms with Gasteiger partial charge in [0.2, 0.25) is 0 Å². The summed E-state index contributed by atoms with van der Waals surface area (Å²) in [5.41, 5.74) is 0. The zero-order valence-electron chi connectivity index (χ0n) is 60.2. The fourth-order valence-electron chi connectivity index (χ4n) is 11.0. The van der Waals surface area contributed by atoms with Gasteiger partial charge in [-0.1, -0.05) is 312 Å². The molecule has 0 aliphatic heterocycles. The summed E-state index contributed by atoms with van der Waals surface area (Å²) < 4.78 is 68.3. The number of hydrogen-bond acceptors (Lipinski definition) is 15. The number of carbonyl (C=O) groups is 4. The van der Waals surface area contributed by atoms with E-state index in [0.29, 0.717) is 31.6 Å². The van der Waals surface area contributed by atoms with Gasteiger partial charge in [0.05, 0.1) is 26.4 Å². The van der Waals surface area contributed by atoms with E-state index < -0.39 is 97.5 Å². The number of rotatable bonds is 70. The van der Waals surface area contributed by atoms with Crippen LogP contribution in [-0.2, 0) is 65.4 Å². The third kappa shape index (κ3) is 65.4. The van der Waals surface area contributed by atoms with Crippen molar-refractivity contribution in [2.24, 2.45) is 23.7 Å². The minimum absolute atomic E-state index is 0.102. The van der Waals surface area contributed by atoms with Crippen LogP contribution in [0.4, 0.5) is 0 Å². The van der Waals surface area contributed by atoms with Gasteiger partial charge in [0.15, 0.2) is 12.2 Å². The van der Waals surface area contributed by atoms with Gasteiger partial charge in [-0.25, -0.2) is 9.13 Å². The lowest BCUT2D eigenvalue weighted by atomic mass is 10.00. The monoisotopic (exact) mass is 1350 g/mol. The Bertz CT molecular complexity index is 1820. The first-order chi connectivity index (χ1) is 44.1. The van der Waals surface area contributed by atoms with Crippen LogP contribution < -0.4 is 0 Å². The van der Waals surface area contributed by atoms with E-state index in [1.54, 1.807) is 0 Å². The van der Waals surface area contributed by atoms with Crippen LogP contribution in [0.15, 0.2) is 0 Å². The van der Waals surface area contributed by atoms with Gasteiger partial charge >= 0.3 is 39.5 Å². The van der Waals surface area contributed by atoms with Crippen LogP contribution in [0.2, 0.25) is 0 Å². The smallest absolute Gasteiger partial charge is 0.462 e. The van der Waals surface area contributed by atoms with Crippen LogP contribution in [0.25, 0.3) is 0 Å². The molecule has 92 heavy (non-hydrogen) atoms. The number of hydrogen-bond donors (Lipinski definition) is 3. The average molecular weight is 1350 g/mol. The Labute approximate surface area is 562 Å². The molecule has 0 aromatic heterocycles. The summed E-state index contributed by atoms with van der Waals surface area (Å²) in [5.74, 6) is 0.841. The van der Waals surface area contributed by atoms with E-state index in [1.807, 2.05) is 0 Å². The highest BCUT2D eigenvalue weighted by molar-refractivity contribution is 7.47. The van der Waals surface area contributed by atoms with Crippen molar-refractivity contribution in [3.63, 3.8) is 0 Å². The molecule has 6 atom stereocenters. The molecule has 0 aliphatic carbocycles. The summed E-state index contributed by atoms with van der Waals surface area (Å²) in [6.45, 7) is 14.1. The summed E-state index contributed by atoms with van der Waals surface area (Å²) in [6.07, 6.45) is 46.2. The fourth-order valence-corrected chi connectivity index (χ4v) is 12.6. The Morgan fingerprint density at radius 2 is 0.522 bits per heavy atom. The topological polar surface area (TPSA) is 237 Å². The molecule has 0 aromatic carbocycles. The number of aliphatic hydroxyl groups is 1. The van der Waals surface area contributed by atoms with Crippen molar-refractivity contribution in [3.8, 4) is 0 Å².